The molecule has 2 rings (SSSR count). The molecule has 0 heterocycles. The second-order valence-corrected chi connectivity index (χ2v) is 6.25. The number of carbonyl (C=O) groups excluding carboxylic acids is 2. The molecule has 0 bridgehead atoms. The molecule has 0 saturated heterocycles. The summed E-state index contributed by atoms with van der Waals surface area (Å²) in [6, 6.07) is 12.9. The Hall–Kier alpha value is -2.86. The van der Waals surface area contributed by atoms with Gasteiger partial charge < -0.3 is 15.4 Å². The first kappa shape index (κ1) is 19.5. The van der Waals surface area contributed by atoms with Crippen LogP contribution in [-0.2, 0) is 9.59 Å². The maximum atomic E-state index is 12.2. The van der Waals surface area contributed by atoms with Gasteiger partial charge in [-0.3, -0.25) is 14.5 Å². The van der Waals surface area contributed by atoms with E-state index in [9.17, 15) is 9.59 Å². The van der Waals surface area contributed by atoms with Crippen molar-refractivity contribution in [1.29, 1.82) is 0 Å². The van der Waals surface area contributed by atoms with Crippen molar-refractivity contribution in [3.63, 3.8) is 0 Å². The van der Waals surface area contributed by atoms with E-state index in [-0.39, 0.29) is 24.9 Å². The van der Waals surface area contributed by atoms with Crippen LogP contribution in [0.4, 0.5) is 11.4 Å². The van der Waals surface area contributed by atoms with Gasteiger partial charge in [0.2, 0.25) is 11.8 Å². The smallest absolute Gasteiger partial charge is 0.238 e. The summed E-state index contributed by atoms with van der Waals surface area (Å²) in [5, 5.41) is 5.69. The van der Waals surface area contributed by atoms with Gasteiger partial charge in [-0.05, 0) is 50.2 Å². The number of aryl methyl sites for hydroxylation is 1. The SMILES string of the molecule is COc1cccc(NC(=O)CN(C)CC(=O)Nc2cccc(C)c2C)c1. The quantitative estimate of drug-likeness (QED) is 0.801. The summed E-state index contributed by atoms with van der Waals surface area (Å²) in [5.41, 5.74) is 3.61. The molecule has 0 aliphatic rings. The number of methoxy groups -OCH3 is 1. The lowest BCUT2D eigenvalue weighted by atomic mass is 10.1. The lowest BCUT2D eigenvalue weighted by Gasteiger charge is -2.17. The molecule has 2 amide bonds. The molecule has 2 N–H and O–H groups in total. The fourth-order valence-corrected chi connectivity index (χ4v) is 2.52. The molecule has 138 valence electrons. The minimum Gasteiger partial charge on any atom is -0.497 e. The van der Waals surface area contributed by atoms with Crippen molar-refractivity contribution in [2.45, 2.75) is 13.8 Å². The van der Waals surface area contributed by atoms with Crippen molar-refractivity contribution in [3.05, 3.63) is 53.6 Å². The summed E-state index contributed by atoms with van der Waals surface area (Å²) in [4.78, 5) is 26.0. The van der Waals surface area contributed by atoms with Crippen molar-refractivity contribution in [2.24, 2.45) is 0 Å². The topological polar surface area (TPSA) is 70.7 Å². The number of nitrogens with zero attached hydrogens (tertiary/aromatic N) is 1. The molecule has 6 heteroatoms. The largest absolute Gasteiger partial charge is 0.497 e. The molecule has 0 aliphatic carbocycles. The second kappa shape index (κ2) is 9.01. The summed E-state index contributed by atoms with van der Waals surface area (Å²) < 4.78 is 5.13. The van der Waals surface area contributed by atoms with Gasteiger partial charge in [-0.2, -0.15) is 0 Å². The zero-order valence-electron chi connectivity index (χ0n) is 15.6. The molecule has 0 aromatic heterocycles. The normalized spacial score (nSPS) is 10.5. The van der Waals surface area contributed by atoms with Gasteiger partial charge in [0, 0.05) is 17.4 Å². The minimum atomic E-state index is -0.194. The number of hydrogen-bond donors (Lipinski definition) is 2. The van der Waals surface area contributed by atoms with Gasteiger partial charge in [0.1, 0.15) is 5.75 Å². The number of rotatable bonds is 7. The monoisotopic (exact) mass is 355 g/mol. The van der Waals surface area contributed by atoms with Gasteiger partial charge in [-0.15, -0.1) is 0 Å². The van der Waals surface area contributed by atoms with Crippen LogP contribution in [0.25, 0.3) is 0 Å². The number of ether oxygens (including phenoxy) is 1. The summed E-state index contributed by atoms with van der Waals surface area (Å²) in [6.45, 7) is 4.20. The zero-order valence-corrected chi connectivity index (χ0v) is 15.6. The van der Waals surface area contributed by atoms with Crippen LogP contribution in [0.1, 0.15) is 11.1 Å². The molecule has 6 nitrogen and oxygen atoms in total. The molecule has 2 aromatic carbocycles. The molecule has 0 atom stereocenters. The second-order valence-electron chi connectivity index (χ2n) is 6.25. The van der Waals surface area contributed by atoms with Gasteiger partial charge in [0.15, 0.2) is 0 Å². The van der Waals surface area contributed by atoms with Crippen LogP contribution in [0, 0.1) is 13.8 Å². The standard InChI is InChI=1S/C20H25N3O3/c1-14-7-5-10-18(15(14)2)22-20(25)13-23(3)12-19(24)21-16-8-6-9-17(11-16)26-4/h5-11H,12-13H2,1-4H3,(H,21,24)(H,22,25). The number of carbonyl (C=O) groups is 2. The van der Waals surface area contributed by atoms with Crippen molar-refractivity contribution in [3.8, 4) is 5.75 Å². The van der Waals surface area contributed by atoms with Gasteiger partial charge in [0.25, 0.3) is 0 Å². The lowest BCUT2D eigenvalue weighted by molar-refractivity contribution is -0.119. The molecular formula is C20H25N3O3. The van der Waals surface area contributed by atoms with E-state index >= 15 is 0 Å². The summed E-state index contributed by atoms with van der Waals surface area (Å²) in [7, 11) is 3.30. The number of nitrogens with one attached hydrogen (secondary N) is 2. The first-order valence-electron chi connectivity index (χ1n) is 8.37. The number of hydrogen-bond acceptors (Lipinski definition) is 4. The predicted molar refractivity (Wildman–Crippen MR) is 104 cm³/mol. The highest BCUT2D eigenvalue weighted by molar-refractivity contribution is 5.95. The van der Waals surface area contributed by atoms with Gasteiger partial charge >= 0.3 is 0 Å². The molecule has 0 unspecified atom stereocenters. The summed E-state index contributed by atoms with van der Waals surface area (Å²) >= 11 is 0. The average Bonchev–Trinajstić information content (AvgIpc) is 2.58. The minimum absolute atomic E-state index is 0.109. The maximum Gasteiger partial charge on any atom is 0.238 e. The first-order chi connectivity index (χ1) is 12.4. The average molecular weight is 355 g/mol. The highest BCUT2D eigenvalue weighted by Gasteiger charge is 2.12. The first-order valence-corrected chi connectivity index (χ1v) is 8.37. The van der Waals surface area contributed by atoms with Gasteiger partial charge in [-0.25, -0.2) is 0 Å². The van der Waals surface area contributed by atoms with Crippen LogP contribution in [0.15, 0.2) is 42.5 Å². The third kappa shape index (κ3) is 5.60. The Morgan fingerprint density at radius 3 is 2.35 bits per heavy atom. The molecule has 0 saturated carbocycles. The Morgan fingerprint density at radius 1 is 1.00 bits per heavy atom. The number of amides is 2. The molecule has 0 aliphatic heterocycles. The Labute approximate surface area is 154 Å². The third-order valence-corrected chi connectivity index (χ3v) is 4.06. The lowest BCUT2D eigenvalue weighted by Crippen LogP contribution is -2.36. The van der Waals surface area contributed by atoms with Crippen LogP contribution in [0.3, 0.4) is 0 Å². The van der Waals surface area contributed by atoms with Crippen LogP contribution >= 0.6 is 0 Å². The fourth-order valence-electron chi connectivity index (χ4n) is 2.52. The third-order valence-electron chi connectivity index (χ3n) is 4.06. The molecule has 26 heavy (non-hydrogen) atoms. The van der Waals surface area contributed by atoms with E-state index in [2.05, 4.69) is 10.6 Å². The highest BCUT2D eigenvalue weighted by Crippen LogP contribution is 2.18. The number of benzene rings is 2. The van der Waals surface area contributed by atoms with Gasteiger partial charge in [-0.1, -0.05) is 18.2 Å². The Morgan fingerprint density at radius 2 is 1.65 bits per heavy atom. The van der Waals surface area contributed by atoms with Crippen LogP contribution in [-0.4, -0.2) is 44.0 Å². The highest BCUT2D eigenvalue weighted by atomic mass is 16.5. The van der Waals surface area contributed by atoms with Crippen molar-refractivity contribution in [1.82, 2.24) is 4.90 Å². The number of likely N-dealkylation sites (N-methyl/N-ethyl adjacent to an activating group) is 1. The van der Waals surface area contributed by atoms with E-state index < -0.39 is 0 Å². The molecular weight excluding hydrogens is 330 g/mol. The number of anilines is 2. The van der Waals surface area contributed by atoms with Gasteiger partial charge in [0.05, 0.1) is 20.2 Å². The van der Waals surface area contributed by atoms with Crippen molar-refractivity contribution in [2.75, 3.05) is 37.9 Å². The zero-order chi connectivity index (χ0) is 19.1. The van der Waals surface area contributed by atoms with E-state index in [1.807, 2.05) is 32.0 Å². The summed E-state index contributed by atoms with van der Waals surface area (Å²) in [5.74, 6) is 0.319. The Kier molecular flexibility index (Phi) is 6.74. The van der Waals surface area contributed by atoms with Crippen LogP contribution in [0.2, 0.25) is 0 Å². The molecule has 2 aromatic rings. The van der Waals surface area contributed by atoms with E-state index in [1.165, 1.54) is 0 Å². The predicted octanol–water partition coefficient (Wildman–Crippen LogP) is 2.82. The van der Waals surface area contributed by atoms with Crippen LogP contribution in [0.5, 0.6) is 5.75 Å². The molecule has 0 radical (unpaired) electrons. The van der Waals surface area contributed by atoms with E-state index in [4.69, 9.17) is 4.74 Å². The molecule has 0 fully saturated rings. The van der Waals surface area contributed by atoms with Crippen molar-refractivity contribution >= 4 is 23.2 Å². The van der Waals surface area contributed by atoms with Crippen molar-refractivity contribution < 1.29 is 14.3 Å². The van der Waals surface area contributed by atoms with Crippen LogP contribution < -0.4 is 15.4 Å². The molecule has 0 spiro atoms. The summed E-state index contributed by atoms with van der Waals surface area (Å²) in [6.07, 6.45) is 0. The Balaban J connectivity index is 1.85. The fraction of sp³-hybridized carbons (Fsp3) is 0.300. The maximum absolute atomic E-state index is 12.2. The van der Waals surface area contributed by atoms with E-state index in [0.717, 1.165) is 16.8 Å². The van der Waals surface area contributed by atoms with E-state index in [0.29, 0.717) is 11.4 Å². The Bertz CT molecular complexity index is 790. The van der Waals surface area contributed by atoms with E-state index in [1.54, 1.807) is 43.3 Å².